The molecule has 1 aliphatic heterocycles. The Bertz CT molecular complexity index is 117. The van der Waals surface area contributed by atoms with Crippen molar-refractivity contribution in [3.05, 3.63) is 11.1 Å². The lowest BCUT2D eigenvalue weighted by Gasteiger charge is -1.96. The van der Waals surface area contributed by atoms with E-state index in [9.17, 15) is 0 Å². The van der Waals surface area contributed by atoms with E-state index in [1.807, 2.05) is 6.92 Å². The third-order valence-electron chi connectivity index (χ3n) is 0.671. The van der Waals surface area contributed by atoms with Gasteiger partial charge in [0.05, 0.1) is 6.20 Å². The van der Waals surface area contributed by atoms with Gasteiger partial charge in [0.15, 0.2) is 0 Å². The standard InChI is InChI=1S/C4H6N2S/c1-4-2-5-6-3-7-4/h2H,3H2,1H3. The fourth-order valence-corrected chi connectivity index (χ4v) is 0.773. The summed E-state index contributed by atoms with van der Waals surface area (Å²) in [5.74, 6) is 0.794. The molecule has 1 heterocycles. The first-order chi connectivity index (χ1) is 3.39. The Hall–Kier alpha value is -0.310. The van der Waals surface area contributed by atoms with Crippen LogP contribution in [0.3, 0.4) is 0 Å². The summed E-state index contributed by atoms with van der Waals surface area (Å²) >= 11 is 1.72. The maximum absolute atomic E-state index is 3.74. The van der Waals surface area contributed by atoms with Crippen LogP contribution < -0.4 is 0 Å². The molecular formula is C4H6N2S. The number of rotatable bonds is 0. The molecule has 0 saturated carbocycles. The van der Waals surface area contributed by atoms with Crippen molar-refractivity contribution < 1.29 is 0 Å². The molecule has 0 spiro atoms. The molecule has 3 heteroatoms. The Kier molecular flexibility index (Phi) is 1.46. The summed E-state index contributed by atoms with van der Waals surface area (Å²) in [5, 5.41) is 7.44. The Labute approximate surface area is 46.7 Å². The van der Waals surface area contributed by atoms with E-state index in [4.69, 9.17) is 0 Å². The third kappa shape index (κ3) is 1.31. The molecule has 0 unspecified atom stereocenters. The van der Waals surface area contributed by atoms with Crippen LogP contribution in [-0.4, -0.2) is 5.88 Å². The highest BCUT2D eigenvalue weighted by molar-refractivity contribution is 8.03. The van der Waals surface area contributed by atoms with Crippen LogP contribution in [0.1, 0.15) is 6.92 Å². The van der Waals surface area contributed by atoms with E-state index in [0.29, 0.717) is 0 Å². The van der Waals surface area contributed by atoms with Gasteiger partial charge in [0.2, 0.25) is 0 Å². The van der Waals surface area contributed by atoms with Gasteiger partial charge in [-0.05, 0) is 6.92 Å². The summed E-state index contributed by atoms with van der Waals surface area (Å²) in [7, 11) is 0. The number of nitrogens with zero attached hydrogens (tertiary/aromatic N) is 2. The minimum absolute atomic E-state index is 0.794. The summed E-state index contributed by atoms with van der Waals surface area (Å²) < 4.78 is 0. The van der Waals surface area contributed by atoms with Gasteiger partial charge in [-0.15, -0.1) is 11.8 Å². The molecule has 0 radical (unpaired) electrons. The van der Waals surface area contributed by atoms with Crippen LogP contribution in [0.25, 0.3) is 0 Å². The molecule has 0 aromatic rings. The van der Waals surface area contributed by atoms with Crippen molar-refractivity contribution in [1.82, 2.24) is 0 Å². The van der Waals surface area contributed by atoms with Crippen LogP contribution in [0.15, 0.2) is 21.3 Å². The fraction of sp³-hybridized carbons (Fsp3) is 0.500. The Morgan fingerprint density at radius 1 is 1.86 bits per heavy atom. The van der Waals surface area contributed by atoms with Gasteiger partial charge >= 0.3 is 0 Å². The Morgan fingerprint density at radius 3 is 3.00 bits per heavy atom. The molecule has 2 nitrogen and oxygen atoms in total. The van der Waals surface area contributed by atoms with Gasteiger partial charge in [-0.25, -0.2) is 0 Å². The summed E-state index contributed by atoms with van der Waals surface area (Å²) in [6, 6.07) is 0. The maximum Gasteiger partial charge on any atom is 0.110 e. The molecule has 0 amide bonds. The largest absolute Gasteiger partial charge is 0.178 e. The van der Waals surface area contributed by atoms with Crippen LogP contribution in [0.4, 0.5) is 0 Å². The van der Waals surface area contributed by atoms with E-state index in [2.05, 4.69) is 10.2 Å². The zero-order chi connectivity index (χ0) is 5.11. The summed E-state index contributed by atoms with van der Waals surface area (Å²) in [5.41, 5.74) is 0. The van der Waals surface area contributed by atoms with Crippen molar-refractivity contribution in [1.29, 1.82) is 0 Å². The van der Waals surface area contributed by atoms with Crippen LogP contribution >= 0.6 is 11.8 Å². The first-order valence-electron chi connectivity index (χ1n) is 2.06. The van der Waals surface area contributed by atoms with E-state index >= 15 is 0 Å². The molecule has 0 fully saturated rings. The highest BCUT2D eigenvalue weighted by Gasteiger charge is 1.91. The molecular weight excluding hydrogens is 108 g/mol. The molecule has 0 aliphatic carbocycles. The maximum atomic E-state index is 3.74. The molecule has 0 N–H and O–H groups in total. The molecule has 1 aliphatic rings. The van der Waals surface area contributed by atoms with E-state index in [1.165, 1.54) is 4.91 Å². The molecule has 0 aromatic heterocycles. The number of azo groups is 1. The minimum atomic E-state index is 0.794. The van der Waals surface area contributed by atoms with E-state index in [0.717, 1.165) is 5.88 Å². The SMILES string of the molecule is CC1=CN=NCS1. The van der Waals surface area contributed by atoms with Gasteiger partial charge in [-0.1, -0.05) is 0 Å². The topological polar surface area (TPSA) is 24.7 Å². The zero-order valence-corrected chi connectivity index (χ0v) is 4.90. The highest BCUT2D eigenvalue weighted by atomic mass is 32.2. The average Bonchev–Trinajstić information content (AvgIpc) is 1.69. The van der Waals surface area contributed by atoms with E-state index in [-0.39, 0.29) is 0 Å². The van der Waals surface area contributed by atoms with Crippen LogP contribution in [0.2, 0.25) is 0 Å². The third-order valence-corrected chi connectivity index (χ3v) is 1.48. The molecule has 1 rings (SSSR count). The summed E-state index contributed by atoms with van der Waals surface area (Å²) in [6.45, 7) is 2.03. The quantitative estimate of drug-likeness (QED) is 0.472. The van der Waals surface area contributed by atoms with Crippen LogP contribution in [-0.2, 0) is 0 Å². The van der Waals surface area contributed by atoms with Crippen LogP contribution in [0, 0.1) is 0 Å². The van der Waals surface area contributed by atoms with E-state index in [1.54, 1.807) is 18.0 Å². The lowest BCUT2D eigenvalue weighted by molar-refractivity contribution is 1.11. The Balaban J connectivity index is 2.57. The molecule has 7 heavy (non-hydrogen) atoms. The predicted octanol–water partition coefficient (Wildman–Crippen LogP) is 2.00. The second-order valence-corrected chi connectivity index (χ2v) is 2.46. The zero-order valence-electron chi connectivity index (χ0n) is 4.09. The second kappa shape index (κ2) is 2.12. The minimum Gasteiger partial charge on any atom is -0.178 e. The molecule has 0 bridgehead atoms. The van der Waals surface area contributed by atoms with Crippen molar-refractivity contribution in [2.45, 2.75) is 6.92 Å². The Morgan fingerprint density at radius 2 is 2.71 bits per heavy atom. The molecule has 0 atom stereocenters. The lowest BCUT2D eigenvalue weighted by Crippen LogP contribution is -1.75. The first kappa shape index (κ1) is 4.84. The van der Waals surface area contributed by atoms with Crippen molar-refractivity contribution in [2.75, 3.05) is 5.88 Å². The average molecular weight is 114 g/mol. The van der Waals surface area contributed by atoms with Gasteiger partial charge in [0, 0.05) is 4.91 Å². The van der Waals surface area contributed by atoms with Gasteiger partial charge in [-0.2, -0.15) is 10.2 Å². The van der Waals surface area contributed by atoms with Crippen LogP contribution in [0.5, 0.6) is 0 Å². The number of hydrogen-bond acceptors (Lipinski definition) is 3. The summed E-state index contributed by atoms with van der Waals surface area (Å²) in [6.07, 6.45) is 1.77. The predicted molar refractivity (Wildman–Crippen MR) is 31.1 cm³/mol. The fourth-order valence-electron chi connectivity index (χ4n) is 0.323. The number of allylic oxidation sites excluding steroid dienone is 1. The van der Waals surface area contributed by atoms with Gasteiger partial charge in [-0.3, -0.25) is 0 Å². The lowest BCUT2D eigenvalue weighted by atomic mass is 10.7. The van der Waals surface area contributed by atoms with Crippen molar-refractivity contribution in [3.63, 3.8) is 0 Å². The van der Waals surface area contributed by atoms with Crippen molar-refractivity contribution in [2.24, 2.45) is 10.2 Å². The molecule has 38 valence electrons. The summed E-state index contributed by atoms with van der Waals surface area (Å²) in [4.78, 5) is 1.25. The monoisotopic (exact) mass is 114 g/mol. The second-order valence-electron chi connectivity index (χ2n) is 1.27. The molecule has 0 saturated heterocycles. The molecule has 0 aromatic carbocycles. The van der Waals surface area contributed by atoms with Gasteiger partial charge in [0.25, 0.3) is 0 Å². The van der Waals surface area contributed by atoms with E-state index < -0.39 is 0 Å². The van der Waals surface area contributed by atoms with Crippen molar-refractivity contribution >= 4 is 11.8 Å². The number of hydrogen-bond donors (Lipinski definition) is 0. The van der Waals surface area contributed by atoms with Gasteiger partial charge < -0.3 is 0 Å². The smallest absolute Gasteiger partial charge is 0.110 e. The normalized spacial score (nSPS) is 19.3. The number of thioether (sulfide) groups is 1. The van der Waals surface area contributed by atoms with Gasteiger partial charge in [0.1, 0.15) is 5.88 Å². The van der Waals surface area contributed by atoms with Crippen molar-refractivity contribution in [3.8, 4) is 0 Å². The highest BCUT2D eigenvalue weighted by Crippen LogP contribution is 2.17. The first-order valence-corrected chi connectivity index (χ1v) is 3.04.